The van der Waals surface area contributed by atoms with E-state index in [9.17, 15) is 0 Å². The summed E-state index contributed by atoms with van der Waals surface area (Å²) in [6.07, 6.45) is 1.28. The van der Waals surface area contributed by atoms with Crippen LogP contribution in [0, 0.1) is 25.7 Å². The molecule has 2 rings (SSSR count). The van der Waals surface area contributed by atoms with Gasteiger partial charge in [-0.1, -0.05) is 32.0 Å². The van der Waals surface area contributed by atoms with E-state index in [-0.39, 0.29) is 0 Å². The fourth-order valence-corrected chi connectivity index (χ4v) is 2.99. The van der Waals surface area contributed by atoms with Gasteiger partial charge in [0.2, 0.25) is 0 Å². The SMILES string of the molecule is Cc1ccc(C2CCNCC2C(C)C)cc1C. The molecule has 0 spiro atoms. The van der Waals surface area contributed by atoms with E-state index < -0.39 is 0 Å². The summed E-state index contributed by atoms with van der Waals surface area (Å²) in [6, 6.07) is 7.03. The van der Waals surface area contributed by atoms with Gasteiger partial charge in [0.05, 0.1) is 0 Å². The average Bonchev–Trinajstić information content (AvgIpc) is 2.32. The van der Waals surface area contributed by atoms with Crippen LogP contribution in [0.25, 0.3) is 0 Å². The Morgan fingerprint density at radius 2 is 1.94 bits per heavy atom. The normalized spacial score (nSPS) is 25.2. The van der Waals surface area contributed by atoms with Crippen LogP contribution in [0.15, 0.2) is 18.2 Å². The van der Waals surface area contributed by atoms with Crippen LogP contribution < -0.4 is 5.32 Å². The number of rotatable bonds is 2. The molecule has 1 nitrogen and oxygen atoms in total. The van der Waals surface area contributed by atoms with E-state index in [0.29, 0.717) is 0 Å². The second kappa shape index (κ2) is 5.22. The zero-order valence-electron chi connectivity index (χ0n) is 11.6. The third-order valence-electron chi connectivity index (χ3n) is 4.34. The van der Waals surface area contributed by atoms with E-state index in [4.69, 9.17) is 0 Å². The maximum Gasteiger partial charge on any atom is -0.00122 e. The van der Waals surface area contributed by atoms with Gasteiger partial charge in [0.15, 0.2) is 0 Å². The summed E-state index contributed by atoms with van der Waals surface area (Å²) >= 11 is 0. The third-order valence-corrected chi connectivity index (χ3v) is 4.34. The lowest BCUT2D eigenvalue weighted by molar-refractivity contribution is 0.255. The fourth-order valence-electron chi connectivity index (χ4n) is 2.99. The molecule has 1 heterocycles. The first-order valence-electron chi connectivity index (χ1n) is 6.87. The van der Waals surface area contributed by atoms with Crippen LogP contribution in [0.3, 0.4) is 0 Å². The van der Waals surface area contributed by atoms with Gasteiger partial charge >= 0.3 is 0 Å². The zero-order valence-corrected chi connectivity index (χ0v) is 11.6. The van der Waals surface area contributed by atoms with Crippen molar-refractivity contribution in [2.24, 2.45) is 11.8 Å². The molecule has 1 aliphatic heterocycles. The maximum atomic E-state index is 3.54. The van der Waals surface area contributed by atoms with Crippen LogP contribution in [-0.4, -0.2) is 13.1 Å². The minimum Gasteiger partial charge on any atom is -0.316 e. The molecular formula is C16H25N. The van der Waals surface area contributed by atoms with E-state index in [1.807, 2.05) is 0 Å². The minimum absolute atomic E-state index is 0.746. The van der Waals surface area contributed by atoms with Crippen molar-refractivity contribution in [3.05, 3.63) is 34.9 Å². The van der Waals surface area contributed by atoms with E-state index in [0.717, 1.165) is 17.8 Å². The Bertz CT molecular complexity index is 381. The molecule has 1 fully saturated rings. The summed E-state index contributed by atoms with van der Waals surface area (Å²) in [6.45, 7) is 11.5. The molecule has 17 heavy (non-hydrogen) atoms. The van der Waals surface area contributed by atoms with Crippen molar-refractivity contribution in [3.8, 4) is 0 Å². The Hall–Kier alpha value is -0.820. The Kier molecular flexibility index (Phi) is 3.88. The molecule has 0 radical (unpaired) electrons. The highest BCUT2D eigenvalue weighted by Gasteiger charge is 2.28. The Morgan fingerprint density at radius 3 is 2.59 bits per heavy atom. The molecule has 1 saturated heterocycles. The zero-order chi connectivity index (χ0) is 12.4. The topological polar surface area (TPSA) is 12.0 Å². The average molecular weight is 231 g/mol. The highest BCUT2D eigenvalue weighted by molar-refractivity contribution is 5.32. The van der Waals surface area contributed by atoms with Crippen molar-refractivity contribution in [1.82, 2.24) is 5.32 Å². The van der Waals surface area contributed by atoms with Gasteiger partial charge in [0.1, 0.15) is 0 Å². The monoisotopic (exact) mass is 231 g/mol. The van der Waals surface area contributed by atoms with Crippen LogP contribution in [0.2, 0.25) is 0 Å². The molecule has 1 aromatic carbocycles. The predicted octanol–water partition coefficient (Wildman–Crippen LogP) is 3.65. The summed E-state index contributed by atoms with van der Waals surface area (Å²) in [7, 11) is 0. The Labute approximate surface area is 106 Å². The predicted molar refractivity (Wildman–Crippen MR) is 74.5 cm³/mol. The van der Waals surface area contributed by atoms with E-state index in [1.54, 1.807) is 5.56 Å². The van der Waals surface area contributed by atoms with Crippen molar-refractivity contribution in [1.29, 1.82) is 0 Å². The summed E-state index contributed by atoms with van der Waals surface area (Å²) in [5.41, 5.74) is 4.39. The highest BCUT2D eigenvalue weighted by atomic mass is 14.9. The second-order valence-electron chi connectivity index (χ2n) is 5.85. The molecule has 2 unspecified atom stereocenters. The second-order valence-corrected chi connectivity index (χ2v) is 5.85. The molecule has 1 aliphatic rings. The largest absolute Gasteiger partial charge is 0.316 e. The first-order chi connectivity index (χ1) is 8.09. The molecular weight excluding hydrogens is 206 g/mol. The Balaban J connectivity index is 2.26. The fraction of sp³-hybridized carbons (Fsp3) is 0.625. The van der Waals surface area contributed by atoms with Gasteiger partial charge in [-0.3, -0.25) is 0 Å². The molecule has 1 N–H and O–H groups in total. The molecule has 1 heteroatoms. The molecule has 0 aliphatic carbocycles. The summed E-state index contributed by atoms with van der Waals surface area (Å²) in [4.78, 5) is 0. The summed E-state index contributed by atoms with van der Waals surface area (Å²) < 4.78 is 0. The number of piperidine rings is 1. The molecule has 0 aromatic heterocycles. The van der Waals surface area contributed by atoms with Gasteiger partial charge in [-0.2, -0.15) is 0 Å². The third kappa shape index (κ3) is 2.71. The van der Waals surface area contributed by atoms with Gasteiger partial charge in [0.25, 0.3) is 0 Å². The molecule has 94 valence electrons. The van der Waals surface area contributed by atoms with Crippen LogP contribution in [0.5, 0.6) is 0 Å². The summed E-state index contributed by atoms with van der Waals surface area (Å²) in [5.74, 6) is 2.29. The number of hydrogen-bond acceptors (Lipinski definition) is 1. The maximum absolute atomic E-state index is 3.54. The standard InChI is InChI=1S/C16H25N/c1-11(2)16-10-17-8-7-15(16)14-6-5-12(3)13(4)9-14/h5-6,9,11,15-17H,7-8,10H2,1-4H3. The lowest BCUT2D eigenvalue weighted by atomic mass is 9.75. The number of nitrogens with one attached hydrogen (secondary N) is 1. The molecule has 0 bridgehead atoms. The first kappa shape index (κ1) is 12.6. The van der Waals surface area contributed by atoms with E-state index in [1.165, 1.54) is 30.6 Å². The number of aryl methyl sites for hydroxylation is 2. The molecule has 1 aromatic rings. The van der Waals surface area contributed by atoms with Crippen molar-refractivity contribution in [2.45, 2.75) is 40.0 Å². The lowest BCUT2D eigenvalue weighted by Gasteiger charge is -2.35. The van der Waals surface area contributed by atoms with E-state index >= 15 is 0 Å². The van der Waals surface area contributed by atoms with Gasteiger partial charge in [-0.15, -0.1) is 0 Å². The van der Waals surface area contributed by atoms with Crippen molar-refractivity contribution in [2.75, 3.05) is 13.1 Å². The molecule has 0 saturated carbocycles. The van der Waals surface area contributed by atoms with Crippen LogP contribution in [0.1, 0.15) is 42.9 Å². The quantitative estimate of drug-likeness (QED) is 0.819. The minimum atomic E-state index is 0.746. The van der Waals surface area contributed by atoms with Gasteiger partial charge < -0.3 is 5.32 Å². The van der Waals surface area contributed by atoms with Crippen LogP contribution >= 0.6 is 0 Å². The highest BCUT2D eigenvalue weighted by Crippen LogP contribution is 2.35. The van der Waals surface area contributed by atoms with Crippen LogP contribution in [-0.2, 0) is 0 Å². The molecule has 2 atom stereocenters. The number of benzene rings is 1. The van der Waals surface area contributed by atoms with Crippen LogP contribution in [0.4, 0.5) is 0 Å². The lowest BCUT2D eigenvalue weighted by Crippen LogP contribution is -2.38. The first-order valence-corrected chi connectivity index (χ1v) is 6.87. The van der Waals surface area contributed by atoms with Gasteiger partial charge in [-0.05, 0) is 67.8 Å². The smallest absolute Gasteiger partial charge is 0.00122 e. The summed E-state index contributed by atoms with van der Waals surface area (Å²) in [5, 5.41) is 3.54. The van der Waals surface area contributed by atoms with Crippen molar-refractivity contribution < 1.29 is 0 Å². The number of hydrogen-bond donors (Lipinski definition) is 1. The van der Waals surface area contributed by atoms with Crippen molar-refractivity contribution in [3.63, 3.8) is 0 Å². The van der Waals surface area contributed by atoms with Gasteiger partial charge in [0, 0.05) is 0 Å². The van der Waals surface area contributed by atoms with Gasteiger partial charge in [-0.25, -0.2) is 0 Å². The van der Waals surface area contributed by atoms with Crippen molar-refractivity contribution >= 4 is 0 Å². The van der Waals surface area contributed by atoms with E-state index in [2.05, 4.69) is 51.2 Å². The molecule has 0 amide bonds. The Morgan fingerprint density at radius 1 is 1.18 bits per heavy atom.